The first-order valence-electron chi connectivity index (χ1n) is 8.13. The number of hydrogen-bond donors (Lipinski definition) is 1. The molecule has 3 heterocycles. The summed E-state index contributed by atoms with van der Waals surface area (Å²) in [7, 11) is -0.280. The summed E-state index contributed by atoms with van der Waals surface area (Å²) in [6.45, 7) is 2.76. The predicted molar refractivity (Wildman–Crippen MR) is 90.5 cm³/mol. The third kappa shape index (κ3) is 3.70. The molecule has 0 aromatic carbocycles. The zero-order chi connectivity index (χ0) is 18.0. The molecule has 25 heavy (non-hydrogen) atoms. The van der Waals surface area contributed by atoms with Crippen LogP contribution in [0.15, 0.2) is 28.4 Å². The molecular weight excluding hydrogens is 346 g/mol. The van der Waals surface area contributed by atoms with Crippen molar-refractivity contribution in [3.05, 3.63) is 23.4 Å². The number of rotatable bonds is 6. The second-order valence-corrected chi connectivity index (χ2v) is 8.13. The summed E-state index contributed by atoms with van der Waals surface area (Å²) in [4.78, 5) is 13.9. The van der Waals surface area contributed by atoms with E-state index in [4.69, 9.17) is 4.74 Å². The average molecular weight is 369 g/mol. The number of hydrogen-bond acceptors (Lipinski definition) is 5. The number of aromatic nitrogens is 2. The summed E-state index contributed by atoms with van der Waals surface area (Å²) < 4.78 is 33.1. The average Bonchev–Trinajstić information content (AvgIpc) is 3.25. The number of amides is 2. The fraction of sp³-hybridized carbons (Fsp3) is 0.600. The Balaban J connectivity index is 1.54. The Kier molecular flexibility index (Phi) is 5.11. The molecule has 1 aromatic rings. The number of nitrogens with zero attached hydrogens (tertiary/aromatic N) is 4. The molecule has 1 aromatic heterocycles. The summed E-state index contributed by atoms with van der Waals surface area (Å²) >= 11 is 0. The standard InChI is InChI=1S/C15H23N5O4S/c1-18-6-4-14(17-18)25(22,23)20-10-12-8-19(9-13(12)11-20)15(21)16-5-3-7-24-2/h4,6H,3,5,7-11H2,1-2H3,(H,16,21). The maximum Gasteiger partial charge on any atom is 0.317 e. The Morgan fingerprint density at radius 2 is 1.96 bits per heavy atom. The summed E-state index contributed by atoms with van der Waals surface area (Å²) in [6, 6.07) is 1.38. The van der Waals surface area contributed by atoms with Crippen molar-refractivity contribution in [2.45, 2.75) is 11.4 Å². The molecule has 0 bridgehead atoms. The number of methoxy groups -OCH3 is 1. The van der Waals surface area contributed by atoms with Gasteiger partial charge in [-0.15, -0.1) is 0 Å². The molecule has 138 valence electrons. The maximum atomic E-state index is 12.6. The number of carbonyl (C=O) groups excluding carboxylic acids is 1. The Bertz CT molecular complexity index is 768. The first kappa shape index (κ1) is 17.9. The fourth-order valence-corrected chi connectivity index (χ4v) is 4.43. The van der Waals surface area contributed by atoms with E-state index in [-0.39, 0.29) is 11.1 Å². The summed E-state index contributed by atoms with van der Waals surface area (Å²) in [5.41, 5.74) is 2.01. The van der Waals surface area contributed by atoms with E-state index in [0.29, 0.717) is 39.3 Å². The second-order valence-electron chi connectivity index (χ2n) is 6.24. The molecule has 0 saturated heterocycles. The van der Waals surface area contributed by atoms with Gasteiger partial charge in [0.15, 0.2) is 5.03 Å². The van der Waals surface area contributed by atoms with E-state index >= 15 is 0 Å². The number of ether oxygens (including phenoxy) is 1. The van der Waals surface area contributed by atoms with Gasteiger partial charge >= 0.3 is 6.03 Å². The molecular formula is C15H23N5O4S. The molecule has 1 N–H and O–H groups in total. The van der Waals surface area contributed by atoms with E-state index < -0.39 is 10.0 Å². The summed E-state index contributed by atoms with van der Waals surface area (Å²) in [6.07, 6.45) is 2.37. The van der Waals surface area contributed by atoms with Gasteiger partial charge in [-0.2, -0.15) is 9.40 Å². The summed E-state index contributed by atoms with van der Waals surface area (Å²) in [5, 5.41) is 6.91. The Hall–Kier alpha value is -1.91. The van der Waals surface area contributed by atoms with E-state index in [1.54, 1.807) is 25.3 Å². The highest BCUT2D eigenvalue weighted by Gasteiger charge is 2.38. The SMILES string of the molecule is COCCCNC(=O)N1CC2=C(C1)CN(S(=O)(=O)c1ccn(C)n1)C2. The lowest BCUT2D eigenvalue weighted by Crippen LogP contribution is -2.42. The van der Waals surface area contributed by atoms with Crippen molar-refractivity contribution in [2.75, 3.05) is 46.4 Å². The minimum Gasteiger partial charge on any atom is -0.385 e. The highest BCUT2D eigenvalue weighted by molar-refractivity contribution is 7.89. The minimum absolute atomic E-state index is 0.0592. The number of carbonyl (C=O) groups is 1. The van der Waals surface area contributed by atoms with Crippen molar-refractivity contribution in [3.63, 3.8) is 0 Å². The molecule has 2 amide bonds. The molecule has 0 unspecified atom stereocenters. The van der Waals surface area contributed by atoms with Crippen LogP contribution >= 0.6 is 0 Å². The number of urea groups is 1. The van der Waals surface area contributed by atoms with Gasteiger partial charge in [-0.3, -0.25) is 4.68 Å². The van der Waals surface area contributed by atoms with Crippen LogP contribution in [0.1, 0.15) is 6.42 Å². The number of sulfonamides is 1. The van der Waals surface area contributed by atoms with Crippen molar-refractivity contribution in [2.24, 2.45) is 7.05 Å². The van der Waals surface area contributed by atoms with Gasteiger partial charge in [-0.1, -0.05) is 0 Å². The topological polar surface area (TPSA) is 96.8 Å². The first-order valence-corrected chi connectivity index (χ1v) is 9.57. The van der Waals surface area contributed by atoms with Gasteiger partial charge in [0.2, 0.25) is 0 Å². The predicted octanol–water partition coefficient (Wildman–Crippen LogP) is -0.217. The van der Waals surface area contributed by atoms with Crippen LogP contribution in [0, 0.1) is 0 Å². The highest BCUT2D eigenvalue weighted by atomic mass is 32.2. The second kappa shape index (κ2) is 7.14. The van der Waals surface area contributed by atoms with Crippen molar-refractivity contribution in [1.82, 2.24) is 24.3 Å². The fourth-order valence-electron chi connectivity index (χ4n) is 3.05. The lowest BCUT2D eigenvalue weighted by Gasteiger charge is -2.22. The zero-order valence-corrected chi connectivity index (χ0v) is 15.3. The number of nitrogens with one attached hydrogen (secondary N) is 1. The molecule has 0 spiro atoms. The molecule has 9 nitrogen and oxygen atoms in total. The molecule has 3 rings (SSSR count). The van der Waals surface area contributed by atoms with Crippen molar-refractivity contribution in [1.29, 1.82) is 0 Å². The third-order valence-electron chi connectivity index (χ3n) is 4.38. The maximum absolute atomic E-state index is 12.6. The highest BCUT2D eigenvalue weighted by Crippen LogP contribution is 2.29. The largest absolute Gasteiger partial charge is 0.385 e. The van der Waals surface area contributed by atoms with E-state index in [1.165, 1.54) is 15.1 Å². The molecule has 0 radical (unpaired) electrons. The third-order valence-corrected chi connectivity index (χ3v) is 6.06. The Morgan fingerprint density at radius 3 is 2.52 bits per heavy atom. The van der Waals surface area contributed by atoms with Gasteiger partial charge < -0.3 is 15.0 Å². The quantitative estimate of drug-likeness (QED) is 0.552. The van der Waals surface area contributed by atoms with Gasteiger partial charge in [-0.25, -0.2) is 13.2 Å². The molecule has 0 aliphatic carbocycles. The minimum atomic E-state index is -3.59. The molecule has 0 atom stereocenters. The van der Waals surface area contributed by atoms with Crippen LogP contribution in [-0.2, 0) is 21.8 Å². The smallest absolute Gasteiger partial charge is 0.317 e. The first-order chi connectivity index (χ1) is 11.9. The number of aryl methyl sites for hydroxylation is 1. The van der Waals surface area contributed by atoms with E-state index in [0.717, 1.165) is 17.6 Å². The van der Waals surface area contributed by atoms with Gasteiger partial charge in [0.05, 0.1) is 0 Å². The van der Waals surface area contributed by atoms with Crippen LogP contribution in [0.3, 0.4) is 0 Å². The van der Waals surface area contributed by atoms with Gasteiger partial charge in [0, 0.05) is 59.7 Å². The van der Waals surface area contributed by atoms with Crippen molar-refractivity contribution >= 4 is 16.1 Å². The molecule has 2 aliphatic heterocycles. The van der Waals surface area contributed by atoms with Crippen molar-refractivity contribution < 1.29 is 17.9 Å². The molecule has 2 aliphatic rings. The van der Waals surface area contributed by atoms with Gasteiger partial charge in [0.1, 0.15) is 0 Å². The molecule has 0 saturated carbocycles. The Morgan fingerprint density at radius 1 is 1.28 bits per heavy atom. The van der Waals surface area contributed by atoms with E-state index in [9.17, 15) is 13.2 Å². The van der Waals surface area contributed by atoms with Crippen LogP contribution in [-0.4, -0.2) is 79.9 Å². The van der Waals surface area contributed by atoms with E-state index in [2.05, 4.69) is 10.4 Å². The molecule has 0 fully saturated rings. The Labute approximate surface area is 147 Å². The van der Waals surface area contributed by atoms with Crippen LogP contribution in [0.25, 0.3) is 0 Å². The molecule has 10 heteroatoms. The lowest BCUT2D eigenvalue weighted by molar-refractivity contribution is 0.188. The monoisotopic (exact) mass is 369 g/mol. The van der Waals surface area contributed by atoms with Gasteiger partial charge in [-0.05, 0) is 23.6 Å². The van der Waals surface area contributed by atoms with Crippen LogP contribution in [0.4, 0.5) is 4.79 Å². The summed E-state index contributed by atoms with van der Waals surface area (Å²) in [5.74, 6) is 0. The van der Waals surface area contributed by atoms with Crippen LogP contribution in [0.2, 0.25) is 0 Å². The van der Waals surface area contributed by atoms with Crippen molar-refractivity contribution in [3.8, 4) is 0 Å². The zero-order valence-electron chi connectivity index (χ0n) is 14.4. The lowest BCUT2D eigenvalue weighted by atomic mass is 10.2. The van der Waals surface area contributed by atoms with Crippen LogP contribution < -0.4 is 5.32 Å². The van der Waals surface area contributed by atoms with E-state index in [1.807, 2.05) is 0 Å². The van der Waals surface area contributed by atoms with Gasteiger partial charge in [0.25, 0.3) is 10.0 Å². The normalized spacial score (nSPS) is 18.1. The van der Waals surface area contributed by atoms with Crippen LogP contribution in [0.5, 0.6) is 0 Å².